The van der Waals surface area contributed by atoms with Crippen LogP contribution in [0, 0.1) is 0 Å². The summed E-state index contributed by atoms with van der Waals surface area (Å²) in [5, 5.41) is 8.69. The van der Waals surface area contributed by atoms with Gasteiger partial charge in [0, 0.05) is 43.3 Å². The van der Waals surface area contributed by atoms with Crippen molar-refractivity contribution in [3.05, 3.63) is 59.4 Å². The Morgan fingerprint density at radius 1 is 1.13 bits per heavy atom. The lowest BCUT2D eigenvalue weighted by Gasteiger charge is -2.32. The first kappa shape index (κ1) is 20.2. The summed E-state index contributed by atoms with van der Waals surface area (Å²) in [7, 11) is 0. The molecule has 1 saturated carbocycles. The fourth-order valence-corrected chi connectivity index (χ4v) is 4.53. The van der Waals surface area contributed by atoms with Gasteiger partial charge in [-0.2, -0.15) is 5.10 Å². The lowest BCUT2D eigenvalue weighted by Crippen LogP contribution is -2.44. The van der Waals surface area contributed by atoms with E-state index in [9.17, 15) is 4.79 Å². The van der Waals surface area contributed by atoms with E-state index in [0.29, 0.717) is 5.92 Å². The highest BCUT2D eigenvalue weighted by atomic mass is 16.1. The first-order chi connectivity index (χ1) is 15.1. The zero-order chi connectivity index (χ0) is 21.4. The van der Waals surface area contributed by atoms with Gasteiger partial charge in [0.1, 0.15) is 0 Å². The fourth-order valence-electron chi connectivity index (χ4n) is 4.53. The second-order valence-electron chi connectivity index (χ2n) is 9.30. The highest BCUT2D eigenvalue weighted by molar-refractivity contribution is 6.05. The van der Waals surface area contributed by atoms with Gasteiger partial charge in [-0.25, -0.2) is 9.67 Å². The van der Waals surface area contributed by atoms with E-state index in [0.717, 1.165) is 67.6 Å². The van der Waals surface area contributed by atoms with E-state index in [1.54, 1.807) is 6.20 Å². The largest absolute Gasteiger partial charge is 0.349 e. The van der Waals surface area contributed by atoms with Gasteiger partial charge in [0.15, 0.2) is 5.65 Å². The van der Waals surface area contributed by atoms with Gasteiger partial charge in [0.05, 0.1) is 17.1 Å². The molecule has 3 aromatic rings. The molecule has 1 aliphatic heterocycles. The fraction of sp³-hybridized carbons (Fsp3) is 0.480. The Morgan fingerprint density at radius 3 is 2.55 bits per heavy atom. The molecule has 1 N–H and O–H groups in total. The van der Waals surface area contributed by atoms with Gasteiger partial charge in [-0.3, -0.25) is 9.69 Å². The molecule has 5 rings (SSSR count). The van der Waals surface area contributed by atoms with Gasteiger partial charge in [0.2, 0.25) is 0 Å². The van der Waals surface area contributed by atoms with E-state index in [-0.39, 0.29) is 18.0 Å². The van der Waals surface area contributed by atoms with Gasteiger partial charge in [-0.05, 0) is 51.2 Å². The molecular formula is C25H31N5O. The quantitative estimate of drug-likeness (QED) is 0.650. The minimum absolute atomic E-state index is 0.0131. The first-order valence-electron chi connectivity index (χ1n) is 11.5. The van der Waals surface area contributed by atoms with Crippen molar-refractivity contribution in [3.8, 4) is 0 Å². The number of aromatic nitrogens is 3. The number of hydrogen-bond acceptors (Lipinski definition) is 4. The van der Waals surface area contributed by atoms with Gasteiger partial charge < -0.3 is 5.32 Å². The predicted octanol–water partition coefficient (Wildman–Crippen LogP) is 4.28. The summed E-state index contributed by atoms with van der Waals surface area (Å²) in [5.74, 6) is 0.506. The Kier molecular flexibility index (Phi) is 5.48. The van der Waals surface area contributed by atoms with Gasteiger partial charge >= 0.3 is 0 Å². The van der Waals surface area contributed by atoms with Crippen molar-refractivity contribution in [2.45, 2.75) is 64.1 Å². The molecule has 0 unspecified atom stereocenters. The van der Waals surface area contributed by atoms with Crippen molar-refractivity contribution in [2.24, 2.45) is 0 Å². The molecule has 2 fully saturated rings. The number of fused-ring (bicyclic) bond motifs is 1. The maximum Gasteiger partial charge on any atom is 0.252 e. The Morgan fingerprint density at radius 2 is 1.87 bits per heavy atom. The molecule has 1 saturated heterocycles. The summed E-state index contributed by atoms with van der Waals surface area (Å²) in [5.41, 5.74) is 3.95. The van der Waals surface area contributed by atoms with E-state index >= 15 is 0 Å². The number of benzene rings is 1. The normalized spacial score (nSPS) is 18.0. The number of rotatable bonds is 6. The molecule has 1 amide bonds. The van der Waals surface area contributed by atoms with Crippen LogP contribution in [0.15, 0.2) is 42.6 Å². The van der Waals surface area contributed by atoms with Crippen LogP contribution in [0.3, 0.4) is 0 Å². The second-order valence-corrected chi connectivity index (χ2v) is 9.30. The third-order valence-electron chi connectivity index (χ3n) is 6.49. The third kappa shape index (κ3) is 4.35. The summed E-state index contributed by atoms with van der Waals surface area (Å²) in [6.07, 6.45) is 6.09. The van der Waals surface area contributed by atoms with E-state index in [1.165, 1.54) is 5.56 Å². The molecule has 0 spiro atoms. The topological polar surface area (TPSA) is 63.1 Å². The number of piperidine rings is 1. The Hall–Kier alpha value is -2.73. The molecule has 0 radical (unpaired) electrons. The van der Waals surface area contributed by atoms with Crippen molar-refractivity contribution in [3.63, 3.8) is 0 Å². The zero-order valence-corrected chi connectivity index (χ0v) is 18.4. The number of carbonyl (C=O) groups is 1. The van der Waals surface area contributed by atoms with Crippen LogP contribution in [0.4, 0.5) is 0 Å². The molecule has 6 heteroatoms. The zero-order valence-electron chi connectivity index (χ0n) is 18.4. The second kappa shape index (κ2) is 8.42. The average molecular weight is 418 g/mol. The van der Waals surface area contributed by atoms with Crippen LogP contribution in [0.25, 0.3) is 11.0 Å². The molecule has 2 aliphatic rings. The van der Waals surface area contributed by atoms with Gasteiger partial charge in [0.25, 0.3) is 5.91 Å². The molecular weight excluding hydrogens is 386 g/mol. The number of hydrogen-bond donors (Lipinski definition) is 1. The third-order valence-corrected chi connectivity index (χ3v) is 6.49. The number of carbonyl (C=O) groups excluding carboxylic acids is 1. The minimum Gasteiger partial charge on any atom is -0.349 e. The number of pyridine rings is 1. The summed E-state index contributed by atoms with van der Waals surface area (Å²) in [4.78, 5) is 20.6. The smallest absolute Gasteiger partial charge is 0.252 e. The summed E-state index contributed by atoms with van der Waals surface area (Å²) in [6, 6.07) is 13.0. The van der Waals surface area contributed by atoms with E-state index < -0.39 is 0 Å². The average Bonchev–Trinajstić information content (AvgIpc) is 3.54. The number of amides is 1. The van der Waals surface area contributed by atoms with Crippen LogP contribution in [-0.4, -0.2) is 44.7 Å². The summed E-state index contributed by atoms with van der Waals surface area (Å²) >= 11 is 0. The molecule has 3 heterocycles. The van der Waals surface area contributed by atoms with E-state index in [4.69, 9.17) is 4.98 Å². The van der Waals surface area contributed by atoms with Crippen molar-refractivity contribution >= 4 is 16.9 Å². The molecule has 31 heavy (non-hydrogen) atoms. The highest BCUT2D eigenvalue weighted by Crippen LogP contribution is 2.40. The standard InChI is InChI=1S/C25H31N5O/c1-17(2)30-24-22(15-26-30)21(14-23(28-24)19-8-9-19)25(31)27-20-10-12-29(13-11-20)16-18-6-4-3-5-7-18/h3-7,14-15,17,19-20H,8-13,16H2,1-2H3,(H,27,31). The highest BCUT2D eigenvalue weighted by Gasteiger charge is 2.29. The van der Waals surface area contributed by atoms with Gasteiger partial charge in [-0.15, -0.1) is 0 Å². The van der Waals surface area contributed by atoms with Crippen LogP contribution in [0.5, 0.6) is 0 Å². The molecule has 6 nitrogen and oxygen atoms in total. The molecule has 1 aromatic carbocycles. The number of nitrogens with zero attached hydrogens (tertiary/aromatic N) is 4. The molecule has 0 atom stereocenters. The van der Waals surface area contributed by atoms with Crippen molar-refractivity contribution < 1.29 is 4.79 Å². The summed E-state index contributed by atoms with van der Waals surface area (Å²) < 4.78 is 1.93. The van der Waals surface area contributed by atoms with Gasteiger partial charge in [-0.1, -0.05) is 30.3 Å². The van der Waals surface area contributed by atoms with Crippen molar-refractivity contribution in [1.82, 2.24) is 25.0 Å². The first-order valence-corrected chi connectivity index (χ1v) is 11.5. The van der Waals surface area contributed by atoms with Crippen LogP contribution >= 0.6 is 0 Å². The minimum atomic E-state index is 0.0131. The monoisotopic (exact) mass is 417 g/mol. The van der Waals surface area contributed by atoms with Crippen molar-refractivity contribution in [2.75, 3.05) is 13.1 Å². The van der Waals surface area contributed by atoms with Crippen LogP contribution < -0.4 is 5.32 Å². The molecule has 162 valence electrons. The maximum atomic E-state index is 13.3. The van der Waals surface area contributed by atoms with E-state index in [1.807, 2.05) is 10.7 Å². The molecule has 2 aromatic heterocycles. The van der Waals surface area contributed by atoms with E-state index in [2.05, 4.69) is 59.5 Å². The summed E-state index contributed by atoms with van der Waals surface area (Å²) in [6.45, 7) is 7.18. The van der Waals surface area contributed by atoms with Crippen molar-refractivity contribution in [1.29, 1.82) is 0 Å². The SMILES string of the molecule is CC(C)n1ncc2c(C(=O)NC3CCN(Cc4ccccc4)CC3)cc(C3CC3)nc21. The van der Waals surface area contributed by atoms with Crippen LogP contribution in [-0.2, 0) is 6.54 Å². The number of nitrogens with one attached hydrogen (secondary N) is 1. The lowest BCUT2D eigenvalue weighted by molar-refractivity contribution is 0.0910. The molecule has 1 aliphatic carbocycles. The predicted molar refractivity (Wildman–Crippen MR) is 122 cm³/mol. The molecule has 0 bridgehead atoms. The number of likely N-dealkylation sites (tertiary alicyclic amines) is 1. The maximum absolute atomic E-state index is 13.3. The Bertz CT molecular complexity index is 1060. The lowest BCUT2D eigenvalue weighted by atomic mass is 10.0. The Balaban J connectivity index is 1.28. The van der Waals surface area contributed by atoms with Crippen LogP contribution in [0.1, 0.15) is 73.1 Å². The Labute approximate surface area is 183 Å². The van der Waals surface area contributed by atoms with Crippen LogP contribution in [0.2, 0.25) is 0 Å².